The van der Waals surface area contributed by atoms with Gasteiger partial charge in [-0.25, -0.2) is 9.37 Å². The highest BCUT2D eigenvalue weighted by Gasteiger charge is 2.17. The molecule has 0 radical (unpaired) electrons. The van der Waals surface area contributed by atoms with Gasteiger partial charge < -0.3 is 5.32 Å². The number of hydrogen-bond donors (Lipinski definition) is 1. The summed E-state index contributed by atoms with van der Waals surface area (Å²) in [5.74, 6) is 0.213. The lowest BCUT2D eigenvalue weighted by Crippen LogP contribution is -2.32. The van der Waals surface area contributed by atoms with Crippen LogP contribution < -0.4 is 5.32 Å². The van der Waals surface area contributed by atoms with E-state index in [9.17, 15) is 9.18 Å². The van der Waals surface area contributed by atoms with E-state index in [2.05, 4.69) is 22.1 Å². The van der Waals surface area contributed by atoms with Gasteiger partial charge in [0.2, 0.25) is 5.91 Å². The number of amides is 1. The van der Waals surface area contributed by atoms with Crippen molar-refractivity contribution in [3.8, 4) is 0 Å². The highest BCUT2D eigenvalue weighted by molar-refractivity contribution is 7.13. The summed E-state index contributed by atoms with van der Waals surface area (Å²) in [5, 5.41) is 5.33. The van der Waals surface area contributed by atoms with Crippen molar-refractivity contribution in [2.24, 2.45) is 5.92 Å². The summed E-state index contributed by atoms with van der Waals surface area (Å²) >= 11 is 1.42. The number of carbonyl (C=O) groups is 1. The summed E-state index contributed by atoms with van der Waals surface area (Å²) in [4.78, 5) is 18.9. The van der Waals surface area contributed by atoms with E-state index in [0.717, 1.165) is 31.2 Å². The van der Waals surface area contributed by atoms with Crippen molar-refractivity contribution in [2.45, 2.75) is 32.7 Å². The Morgan fingerprint density at radius 3 is 2.88 bits per heavy atom. The van der Waals surface area contributed by atoms with Crippen molar-refractivity contribution in [3.63, 3.8) is 0 Å². The van der Waals surface area contributed by atoms with Crippen molar-refractivity contribution >= 4 is 22.4 Å². The van der Waals surface area contributed by atoms with Gasteiger partial charge in [0.1, 0.15) is 5.82 Å². The second-order valence-electron chi connectivity index (χ2n) is 6.42. The molecule has 1 fully saturated rings. The van der Waals surface area contributed by atoms with Crippen LogP contribution in [0.1, 0.15) is 31.0 Å². The van der Waals surface area contributed by atoms with Crippen LogP contribution in [0.4, 0.5) is 9.52 Å². The highest BCUT2D eigenvalue weighted by Crippen LogP contribution is 2.21. The Labute approximate surface area is 145 Å². The molecule has 2 heterocycles. The van der Waals surface area contributed by atoms with E-state index in [4.69, 9.17) is 0 Å². The molecule has 0 spiro atoms. The molecule has 0 saturated carbocycles. The number of hydrogen-bond acceptors (Lipinski definition) is 4. The van der Waals surface area contributed by atoms with Gasteiger partial charge in [0.25, 0.3) is 0 Å². The number of thiazole rings is 1. The molecule has 1 saturated heterocycles. The predicted molar refractivity (Wildman–Crippen MR) is 94.5 cm³/mol. The van der Waals surface area contributed by atoms with Gasteiger partial charge in [-0.2, -0.15) is 0 Å². The van der Waals surface area contributed by atoms with E-state index >= 15 is 0 Å². The van der Waals surface area contributed by atoms with E-state index < -0.39 is 0 Å². The number of halogens is 1. The summed E-state index contributed by atoms with van der Waals surface area (Å²) in [6.07, 6.45) is 2.48. The van der Waals surface area contributed by atoms with E-state index in [0.29, 0.717) is 10.7 Å². The number of piperidine rings is 1. The molecule has 1 aliphatic rings. The zero-order valence-electron chi connectivity index (χ0n) is 13.8. The fourth-order valence-corrected chi connectivity index (χ4v) is 3.58. The van der Waals surface area contributed by atoms with Gasteiger partial charge in [-0.05, 0) is 43.5 Å². The third-order valence-electron chi connectivity index (χ3n) is 4.37. The number of benzene rings is 1. The van der Waals surface area contributed by atoms with Gasteiger partial charge in [-0.15, -0.1) is 11.3 Å². The molecular formula is C18H22FN3OS. The lowest BCUT2D eigenvalue weighted by atomic mass is 9.99. The summed E-state index contributed by atoms with van der Waals surface area (Å²) in [6.45, 7) is 5.33. The van der Waals surface area contributed by atoms with Crippen LogP contribution in [0.3, 0.4) is 0 Å². The first kappa shape index (κ1) is 17.0. The quantitative estimate of drug-likeness (QED) is 0.897. The zero-order chi connectivity index (χ0) is 16.9. The maximum absolute atomic E-state index is 13.6. The largest absolute Gasteiger partial charge is 0.302 e. The predicted octanol–water partition coefficient (Wildman–Crippen LogP) is 3.70. The number of anilines is 1. The molecular weight excluding hydrogens is 325 g/mol. The summed E-state index contributed by atoms with van der Waals surface area (Å²) < 4.78 is 13.6. The van der Waals surface area contributed by atoms with Gasteiger partial charge in [0.15, 0.2) is 5.13 Å². The van der Waals surface area contributed by atoms with Crippen LogP contribution in [0.2, 0.25) is 0 Å². The third-order valence-corrected chi connectivity index (χ3v) is 5.18. The average molecular weight is 347 g/mol. The Hall–Kier alpha value is -1.79. The standard InChI is InChI=1S/C18H22FN3OS/c1-13-6-8-22(9-7-13)11-15-12-24-18(20-15)21-17(23)10-14-4-2-3-5-16(14)19/h2-5,12-13H,6-11H2,1H3,(H,20,21,23). The van der Waals surface area contributed by atoms with Crippen LogP contribution in [0.25, 0.3) is 0 Å². The molecule has 6 heteroatoms. The van der Waals surface area contributed by atoms with E-state index in [1.54, 1.807) is 18.2 Å². The van der Waals surface area contributed by atoms with Crippen LogP contribution in [-0.2, 0) is 17.8 Å². The number of nitrogens with one attached hydrogen (secondary N) is 1. The van der Waals surface area contributed by atoms with Gasteiger partial charge in [0.05, 0.1) is 12.1 Å². The molecule has 4 nitrogen and oxygen atoms in total. The van der Waals surface area contributed by atoms with Crippen molar-refractivity contribution in [3.05, 3.63) is 46.7 Å². The molecule has 3 rings (SSSR count). The van der Waals surface area contributed by atoms with Crippen molar-refractivity contribution < 1.29 is 9.18 Å². The van der Waals surface area contributed by atoms with Gasteiger partial charge >= 0.3 is 0 Å². The lowest BCUT2D eigenvalue weighted by Gasteiger charge is -2.29. The normalized spacial score (nSPS) is 16.2. The van der Waals surface area contributed by atoms with E-state index in [1.807, 2.05) is 5.38 Å². The highest BCUT2D eigenvalue weighted by atomic mass is 32.1. The van der Waals surface area contributed by atoms with Crippen LogP contribution in [0.15, 0.2) is 29.6 Å². The molecule has 2 aromatic rings. The topological polar surface area (TPSA) is 45.2 Å². The number of likely N-dealkylation sites (tertiary alicyclic amines) is 1. The molecule has 1 amide bonds. The molecule has 0 aliphatic carbocycles. The molecule has 1 aromatic heterocycles. The Bertz CT molecular complexity index is 695. The van der Waals surface area contributed by atoms with E-state index in [1.165, 1.54) is 30.2 Å². The molecule has 24 heavy (non-hydrogen) atoms. The molecule has 1 aliphatic heterocycles. The van der Waals surface area contributed by atoms with Gasteiger partial charge in [-0.3, -0.25) is 9.69 Å². The number of nitrogens with zero attached hydrogens (tertiary/aromatic N) is 2. The van der Waals surface area contributed by atoms with Crippen molar-refractivity contribution in [1.29, 1.82) is 0 Å². The van der Waals surface area contributed by atoms with Crippen molar-refractivity contribution in [1.82, 2.24) is 9.88 Å². The number of carbonyl (C=O) groups excluding carboxylic acids is 1. The van der Waals surface area contributed by atoms with Crippen molar-refractivity contribution in [2.75, 3.05) is 18.4 Å². The Kier molecular flexibility index (Phi) is 5.58. The minimum atomic E-state index is -0.355. The van der Waals surface area contributed by atoms with Crippen LogP contribution in [-0.4, -0.2) is 28.9 Å². The zero-order valence-corrected chi connectivity index (χ0v) is 14.6. The van der Waals surface area contributed by atoms with Crippen LogP contribution in [0.5, 0.6) is 0 Å². The minimum absolute atomic E-state index is 0.0194. The first-order valence-electron chi connectivity index (χ1n) is 8.30. The summed E-state index contributed by atoms with van der Waals surface area (Å²) in [6, 6.07) is 6.33. The first-order valence-corrected chi connectivity index (χ1v) is 9.18. The maximum Gasteiger partial charge on any atom is 0.230 e. The molecule has 1 aromatic carbocycles. The minimum Gasteiger partial charge on any atom is -0.302 e. The smallest absolute Gasteiger partial charge is 0.230 e. The molecule has 0 bridgehead atoms. The number of rotatable bonds is 5. The first-order chi connectivity index (χ1) is 11.6. The molecule has 0 unspecified atom stereocenters. The Balaban J connectivity index is 1.52. The summed E-state index contributed by atoms with van der Waals surface area (Å²) in [5.41, 5.74) is 1.38. The summed E-state index contributed by atoms with van der Waals surface area (Å²) in [7, 11) is 0. The molecule has 0 atom stereocenters. The second-order valence-corrected chi connectivity index (χ2v) is 7.28. The maximum atomic E-state index is 13.6. The Morgan fingerprint density at radius 1 is 1.38 bits per heavy atom. The molecule has 1 N–H and O–H groups in total. The van der Waals surface area contributed by atoms with Gasteiger partial charge in [0, 0.05) is 11.9 Å². The van der Waals surface area contributed by atoms with Crippen LogP contribution >= 0.6 is 11.3 Å². The fraction of sp³-hybridized carbons (Fsp3) is 0.444. The average Bonchev–Trinajstić information content (AvgIpc) is 2.99. The second kappa shape index (κ2) is 7.85. The SMILES string of the molecule is CC1CCN(Cc2csc(NC(=O)Cc3ccccc3F)n2)CC1. The molecule has 128 valence electrons. The number of aromatic nitrogens is 1. The fourth-order valence-electron chi connectivity index (χ4n) is 2.86. The monoisotopic (exact) mass is 347 g/mol. The van der Waals surface area contributed by atoms with E-state index in [-0.39, 0.29) is 18.1 Å². The Morgan fingerprint density at radius 2 is 2.12 bits per heavy atom. The van der Waals surface area contributed by atoms with Crippen LogP contribution in [0, 0.1) is 11.7 Å². The van der Waals surface area contributed by atoms with Gasteiger partial charge in [-0.1, -0.05) is 25.1 Å². The lowest BCUT2D eigenvalue weighted by molar-refractivity contribution is -0.115. The third kappa shape index (κ3) is 4.61.